The van der Waals surface area contributed by atoms with Crippen molar-refractivity contribution < 1.29 is 33.7 Å². The summed E-state index contributed by atoms with van der Waals surface area (Å²) in [6, 6.07) is 0. The summed E-state index contributed by atoms with van der Waals surface area (Å²) >= 11 is 0. The van der Waals surface area contributed by atoms with E-state index in [1.54, 1.807) is 0 Å². The van der Waals surface area contributed by atoms with Crippen LogP contribution >= 0.6 is 0 Å². The molecule has 0 aromatic heterocycles. The molecule has 18 heavy (non-hydrogen) atoms. The molecule has 1 rings (SSSR count). The molecule has 7 heteroatoms. The van der Waals surface area contributed by atoms with Crippen molar-refractivity contribution in [3.8, 4) is 0 Å². The molecule has 0 amide bonds. The lowest BCUT2D eigenvalue weighted by molar-refractivity contribution is -0.173. The quantitative estimate of drug-likeness (QED) is 0.290. The summed E-state index contributed by atoms with van der Waals surface area (Å²) in [6.07, 6.45) is 0.716. The van der Waals surface area contributed by atoms with Gasteiger partial charge in [0.1, 0.15) is 19.3 Å². The first-order valence-electron chi connectivity index (χ1n) is 5.21. The molecule has 1 fully saturated rings. The Morgan fingerprint density at radius 2 is 2.11 bits per heavy atom. The molecule has 0 saturated carbocycles. The zero-order chi connectivity index (χ0) is 13.8. The molecule has 0 radical (unpaired) electrons. The number of carbonyl (C=O) groups is 3. The molecule has 1 saturated heterocycles. The van der Waals surface area contributed by atoms with Gasteiger partial charge in [0.2, 0.25) is 0 Å². The van der Waals surface area contributed by atoms with E-state index < -0.39 is 29.9 Å². The number of hydrogen-bond acceptors (Lipinski definition) is 6. The largest absolute Gasteiger partial charge is 0.480 e. The van der Waals surface area contributed by atoms with Crippen molar-refractivity contribution in [2.24, 2.45) is 5.41 Å². The van der Waals surface area contributed by atoms with Gasteiger partial charge in [0, 0.05) is 6.08 Å². The molecular formula is C11H14O7. The van der Waals surface area contributed by atoms with Crippen molar-refractivity contribution in [3.63, 3.8) is 0 Å². The van der Waals surface area contributed by atoms with E-state index in [4.69, 9.17) is 14.6 Å². The summed E-state index contributed by atoms with van der Waals surface area (Å²) in [6.45, 7) is 4.16. The Hall–Kier alpha value is -1.89. The second-order valence-electron chi connectivity index (χ2n) is 4.00. The number of aliphatic carboxylic acids is 1. The van der Waals surface area contributed by atoms with Gasteiger partial charge in [0.15, 0.2) is 5.41 Å². The van der Waals surface area contributed by atoms with Crippen molar-refractivity contribution in [2.75, 3.05) is 19.8 Å². The van der Waals surface area contributed by atoms with E-state index in [9.17, 15) is 14.4 Å². The van der Waals surface area contributed by atoms with Crippen LogP contribution in [0.3, 0.4) is 0 Å². The molecule has 2 atom stereocenters. The van der Waals surface area contributed by atoms with Gasteiger partial charge in [0.05, 0.1) is 6.61 Å². The topological polar surface area (TPSA) is 102 Å². The molecule has 0 bridgehead atoms. The molecule has 0 aromatic rings. The number of epoxide rings is 1. The molecule has 2 unspecified atom stereocenters. The molecule has 1 aliphatic heterocycles. The first-order valence-corrected chi connectivity index (χ1v) is 5.21. The van der Waals surface area contributed by atoms with Crippen LogP contribution in [0.1, 0.15) is 6.92 Å². The van der Waals surface area contributed by atoms with Crippen LogP contribution < -0.4 is 0 Å². The summed E-state index contributed by atoms with van der Waals surface area (Å²) < 4.78 is 14.2. The maximum Gasteiger partial charge on any atom is 0.330 e. The van der Waals surface area contributed by atoms with Crippen LogP contribution in [0.2, 0.25) is 0 Å². The highest BCUT2D eigenvalue weighted by atomic mass is 16.6. The smallest absolute Gasteiger partial charge is 0.330 e. The number of carbonyl (C=O) groups excluding carboxylic acids is 2. The fourth-order valence-electron chi connectivity index (χ4n) is 0.975. The molecule has 1 heterocycles. The van der Waals surface area contributed by atoms with Gasteiger partial charge in [-0.1, -0.05) is 6.58 Å². The number of esters is 2. The average Bonchev–Trinajstić information content (AvgIpc) is 3.15. The maximum absolute atomic E-state index is 11.7. The second-order valence-corrected chi connectivity index (χ2v) is 4.00. The van der Waals surface area contributed by atoms with E-state index in [0.29, 0.717) is 6.61 Å². The van der Waals surface area contributed by atoms with Gasteiger partial charge < -0.3 is 19.3 Å². The number of hydrogen-bond donors (Lipinski definition) is 1. The second kappa shape index (κ2) is 5.63. The first kappa shape index (κ1) is 14.2. The molecule has 7 nitrogen and oxygen atoms in total. The van der Waals surface area contributed by atoms with E-state index >= 15 is 0 Å². The number of carboxylic acids is 1. The SMILES string of the molecule is C=CC(=O)OCC(C)(C(=O)O)C(=O)OCC1CO1. The lowest BCUT2D eigenvalue weighted by Gasteiger charge is -2.21. The maximum atomic E-state index is 11.7. The number of ether oxygens (including phenoxy) is 3. The van der Waals surface area contributed by atoms with Crippen molar-refractivity contribution in [1.82, 2.24) is 0 Å². The van der Waals surface area contributed by atoms with Crippen LogP contribution in [-0.2, 0) is 28.6 Å². The first-order chi connectivity index (χ1) is 8.40. The molecular weight excluding hydrogens is 244 g/mol. The van der Waals surface area contributed by atoms with E-state index in [2.05, 4.69) is 11.3 Å². The number of rotatable bonds is 7. The van der Waals surface area contributed by atoms with Crippen LogP contribution in [-0.4, -0.2) is 48.9 Å². The monoisotopic (exact) mass is 258 g/mol. The lowest BCUT2D eigenvalue weighted by Crippen LogP contribution is -2.42. The minimum atomic E-state index is -1.94. The predicted octanol–water partition coefficient (Wildman–Crippen LogP) is -0.252. The Morgan fingerprint density at radius 3 is 2.56 bits per heavy atom. The van der Waals surface area contributed by atoms with Crippen molar-refractivity contribution >= 4 is 17.9 Å². The van der Waals surface area contributed by atoms with E-state index in [1.165, 1.54) is 0 Å². The van der Waals surface area contributed by atoms with Crippen molar-refractivity contribution in [2.45, 2.75) is 13.0 Å². The van der Waals surface area contributed by atoms with Crippen molar-refractivity contribution in [1.29, 1.82) is 0 Å². The standard InChI is InChI=1S/C11H14O7/c1-3-8(12)18-6-11(2,9(13)14)10(15)17-5-7-4-16-7/h3,7H,1,4-6H2,2H3,(H,13,14). The Bertz CT molecular complexity index is 372. The summed E-state index contributed by atoms with van der Waals surface area (Å²) in [4.78, 5) is 33.6. The Kier molecular flexibility index (Phi) is 4.43. The summed E-state index contributed by atoms with van der Waals surface area (Å²) in [7, 11) is 0. The highest BCUT2D eigenvalue weighted by molar-refractivity contribution is 5.99. The van der Waals surface area contributed by atoms with E-state index in [0.717, 1.165) is 13.0 Å². The van der Waals surface area contributed by atoms with Crippen molar-refractivity contribution in [3.05, 3.63) is 12.7 Å². The summed E-state index contributed by atoms with van der Waals surface area (Å²) in [5.74, 6) is -3.20. The van der Waals surface area contributed by atoms with Crippen LogP contribution in [0.4, 0.5) is 0 Å². The third kappa shape index (κ3) is 3.56. The van der Waals surface area contributed by atoms with Crippen LogP contribution in [0.25, 0.3) is 0 Å². The number of carboxylic acid groups (broad SMARTS) is 1. The Balaban J connectivity index is 2.58. The third-order valence-electron chi connectivity index (χ3n) is 2.40. The van der Waals surface area contributed by atoms with Gasteiger partial charge in [-0.3, -0.25) is 9.59 Å². The average molecular weight is 258 g/mol. The van der Waals surface area contributed by atoms with Crippen LogP contribution in [0.15, 0.2) is 12.7 Å². The van der Waals surface area contributed by atoms with Crippen LogP contribution in [0, 0.1) is 5.41 Å². The van der Waals surface area contributed by atoms with E-state index in [-0.39, 0.29) is 12.7 Å². The Morgan fingerprint density at radius 1 is 1.50 bits per heavy atom. The van der Waals surface area contributed by atoms with Gasteiger partial charge in [-0.15, -0.1) is 0 Å². The molecule has 1 aliphatic rings. The van der Waals surface area contributed by atoms with Gasteiger partial charge in [-0.05, 0) is 6.92 Å². The molecule has 1 N–H and O–H groups in total. The lowest BCUT2D eigenvalue weighted by atomic mass is 9.92. The van der Waals surface area contributed by atoms with Gasteiger partial charge in [-0.25, -0.2) is 4.79 Å². The fraction of sp³-hybridized carbons (Fsp3) is 0.545. The van der Waals surface area contributed by atoms with Gasteiger partial charge in [0.25, 0.3) is 0 Å². The molecule has 0 spiro atoms. The predicted molar refractivity (Wildman–Crippen MR) is 57.6 cm³/mol. The normalized spacial score (nSPS) is 20.4. The molecule has 0 aliphatic carbocycles. The zero-order valence-electron chi connectivity index (χ0n) is 9.88. The minimum Gasteiger partial charge on any atom is -0.480 e. The highest BCUT2D eigenvalue weighted by Crippen LogP contribution is 2.21. The molecule has 100 valence electrons. The summed E-state index contributed by atoms with van der Waals surface area (Å²) in [5.41, 5.74) is -1.94. The zero-order valence-corrected chi connectivity index (χ0v) is 9.88. The minimum absolute atomic E-state index is 0.00287. The van der Waals surface area contributed by atoms with Gasteiger partial charge >= 0.3 is 17.9 Å². The fourth-order valence-corrected chi connectivity index (χ4v) is 0.975. The third-order valence-corrected chi connectivity index (χ3v) is 2.40. The van der Waals surface area contributed by atoms with E-state index in [1.807, 2.05) is 0 Å². The Labute approximate surface area is 103 Å². The van der Waals surface area contributed by atoms with Gasteiger partial charge in [-0.2, -0.15) is 0 Å². The molecule has 0 aromatic carbocycles. The highest BCUT2D eigenvalue weighted by Gasteiger charge is 2.45. The summed E-state index contributed by atoms with van der Waals surface area (Å²) in [5, 5.41) is 9.02. The van der Waals surface area contributed by atoms with Crippen LogP contribution in [0.5, 0.6) is 0 Å².